The number of benzene rings is 1. The van der Waals surface area contributed by atoms with E-state index in [1.165, 1.54) is 11.8 Å². The number of rotatable bonds is 5. The fraction of sp³-hybridized carbons (Fsp3) is 0.286. The number of nitrogens with zero attached hydrogens (tertiary/aromatic N) is 2. The van der Waals surface area contributed by atoms with Gasteiger partial charge in [0.25, 0.3) is 0 Å². The highest BCUT2D eigenvalue weighted by molar-refractivity contribution is 7.99. The van der Waals surface area contributed by atoms with E-state index in [9.17, 15) is 0 Å². The molecule has 0 fully saturated rings. The van der Waals surface area contributed by atoms with Crippen LogP contribution in [0.15, 0.2) is 40.5 Å². The van der Waals surface area contributed by atoms with Crippen molar-refractivity contribution in [2.45, 2.75) is 30.3 Å². The van der Waals surface area contributed by atoms with E-state index >= 15 is 0 Å². The summed E-state index contributed by atoms with van der Waals surface area (Å²) in [5.74, 6) is 0.722. The van der Waals surface area contributed by atoms with Gasteiger partial charge in [-0.25, -0.2) is 9.97 Å². The minimum absolute atomic E-state index is 0.656. The molecule has 4 nitrogen and oxygen atoms in total. The Hall–Kier alpha value is -1.75. The quantitative estimate of drug-likeness (QED) is 0.670. The predicted molar refractivity (Wildman–Crippen MR) is 77.5 cm³/mol. The lowest BCUT2D eigenvalue weighted by atomic mass is 10.3. The van der Waals surface area contributed by atoms with E-state index in [1.54, 1.807) is 6.20 Å². The molecule has 100 valence electrons. The zero-order valence-corrected chi connectivity index (χ0v) is 11.9. The summed E-state index contributed by atoms with van der Waals surface area (Å²) in [7, 11) is 0. The maximum Gasteiger partial charge on any atom is 0.192 e. The first-order valence-electron chi connectivity index (χ1n) is 6.19. The molecule has 2 aromatic rings. The van der Waals surface area contributed by atoms with Crippen LogP contribution < -0.4 is 10.5 Å². The largest absolute Gasteiger partial charge is 0.491 e. The Kier molecular flexibility index (Phi) is 4.63. The highest BCUT2D eigenvalue weighted by atomic mass is 32.2. The van der Waals surface area contributed by atoms with Crippen LogP contribution in [0.5, 0.6) is 5.75 Å². The minimum atomic E-state index is 0.656. The maximum absolute atomic E-state index is 5.88. The number of aromatic nitrogens is 2. The molecule has 0 aliphatic carbocycles. The first kappa shape index (κ1) is 13.7. The zero-order chi connectivity index (χ0) is 13.7. The van der Waals surface area contributed by atoms with Crippen LogP contribution in [0, 0.1) is 6.92 Å². The van der Waals surface area contributed by atoms with Crippen LogP contribution in [0.2, 0.25) is 0 Å². The van der Waals surface area contributed by atoms with Gasteiger partial charge in [0.15, 0.2) is 5.16 Å². The molecule has 0 amide bonds. The van der Waals surface area contributed by atoms with Gasteiger partial charge in [0, 0.05) is 16.8 Å². The lowest BCUT2D eigenvalue weighted by Gasteiger charge is -2.09. The molecule has 0 bridgehead atoms. The van der Waals surface area contributed by atoms with Crippen LogP contribution in [0.3, 0.4) is 0 Å². The third-order valence-electron chi connectivity index (χ3n) is 2.43. The molecule has 1 aromatic carbocycles. The fourth-order valence-electron chi connectivity index (χ4n) is 1.50. The number of nitrogens with two attached hydrogens (primary N) is 1. The summed E-state index contributed by atoms with van der Waals surface area (Å²) in [5, 5.41) is 0.728. The van der Waals surface area contributed by atoms with Gasteiger partial charge in [-0.15, -0.1) is 0 Å². The third kappa shape index (κ3) is 3.86. The first-order chi connectivity index (χ1) is 9.19. The Labute approximate surface area is 117 Å². The second-order valence-corrected chi connectivity index (χ2v) is 5.17. The molecule has 0 unspecified atom stereocenters. The van der Waals surface area contributed by atoms with E-state index in [2.05, 4.69) is 16.9 Å². The van der Waals surface area contributed by atoms with Crippen molar-refractivity contribution in [2.24, 2.45) is 0 Å². The summed E-state index contributed by atoms with van der Waals surface area (Å²) in [6.45, 7) is 4.68. The van der Waals surface area contributed by atoms with Crippen molar-refractivity contribution in [3.8, 4) is 5.75 Å². The highest BCUT2D eigenvalue weighted by Crippen LogP contribution is 2.31. The van der Waals surface area contributed by atoms with E-state index in [0.717, 1.165) is 27.9 Å². The van der Waals surface area contributed by atoms with Crippen LogP contribution >= 0.6 is 11.8 Å². The van der Waals surface area contributed by atoms with E-state index in [-0.39, 0.29) is 0 Å². The van der Waals surface area contributed by atoms with Crippen LogP contribution in [0.25, 0.3) is 0 Å². The number of hydrogen-bond acceptors (Lipinski definition) is 5. The monoisotopic (exact) mass is 275 g/mol. The first-order valence-corrected chi connectivity index (χ1v) is 7.00. The van der Waals surface area contributed by atoms with E-state index < -0.39 is 0 Å². The van der Waals surface area contributed by atoms with Crippen molar-refractivity contribution < 1.29 is 4.74 Å². The lowest BCUT2D eigenvalue weighted by molar-refractivity contribution is 0.318. The number of ether oxygens (including phenoxy) is 1. The van der Waals surface area contributed by atoms with Gasteiger partial charge in [-0.3, -0.25) is 0 Å². The van der Waals surface area contributed by atoms with E-state index in [0.29, 0.717) is 12.3 Å². The Balaban J connectivity index is 2.16. The SMILES string of the molecule is CCCOc1cc(Sc2nccc(C)n2)ccc1N. The van der Waals surface area contributed by atoms with Crippen molar-refractivity contribution in [1.29, 1.82) is 0 Å². The molecule has 0 aliphatic heterocycles. The van der Waals surface area contributed by atoms with E-state index in [4.69, 9.17) is 10.5 Å². The number of nitrogen functional groups attached to an aromatic ring is 1. The van der Waals surface area contributed by atoms with Gasteiger partial charge in [-0.1, -0.05) is 6.92 Å². The van der Waals surface area contributed by atoms with Gasteiger partial charge in [-0.05, 0) is 49.4 Å². The van der Waals surface area contributed by atoms with Gasteiger partial charge in [0.05, 0.1) is 12.3 Å². The smallest absolute Gasteiger partial charge is 0.192 e. The summed E-state index contributed by atoms with van der Waals surface area (Å²) in [4.78, 5) is 9.61. The molecule has 1 aromatic heterocycles. The molecule has 0 saturated heterocycles. The summed E-state index contributed by atoms with van der Waals surface area (Å²) in [5.41, 5.74) is 7.49. The number of anilines is 1. The molecule has 0 spiro atoms. The molecule has 2 N–H and O–H groups in total. The Bertz CT molecular complexity index is 560. The average molecular weight is 275 g/mol. The zero-order valence-electron chi connectivity index (χ0n) is 11.1. The molecule has 0 atom stereocenters. The molecule has 2 rings (SSSR count). The molecule has 5 heteroatoms. The fourth-order valence-corrected chi connectivity index (χ4v) is 2.31. The van der Waals surface area contributed by atoms with Gasteiger partial charge in [0.1, 0.15) is 5.75 Å². The van der Waals surface area contributed by atoms with Crippen molar-refractivity contribution >= 4 is 17.4 Å². The Morgan fingerprint density at radius 2 is 2.16 bits per heavy atom. The van der Waals surface area contributed by atoms with Gasteiger partial charge < -0.3 is 10.5 Å². The van der Waals surface area contributed by atoms with Gasteiger partial charge >= 0.3 is 0 Å². The van der Waals surface area contributed by atoms with Crippen LogP contribution in [-0.4, -0.2) is 16.6 Å². The third-order valence-corrected chi connectivity index (χ3v) is 3.30. The maximum atomic E-state index is 5.88. The summed E-state index contributed by atoms with van der Waals surface area (Å²) in [6, 6.07) is 7.61. The molecule has 1 heterocycles. The van der Waals surface area contributed by atoms with Gasteiger partial charge in [0.2, 0.25) is 0 Å². The molecule has 19 heavy (non-hydrogen) atoms. The molecular weight excluding hydrogens is 258 g/mol. The highest BCUT2D eigenvalue weighted by Gasteiger charge is 2.05. The predicted octanol–water partition coefficient (Wildman–Crippen LogP) is 3.31. The van der Waals surface area contributed by atoms with Crippen molar-refractivity contribution in [3.05, 3.63) is 36.2 Å². The average Bonchev–Trinajstić information content (AvgIpc) is 2.39. The number of hydrogen-bond donors (Lipinski definition) is 1. The number of aryl methyl sites for hydroxylation is 1. The molecule has 0 radical (unpaired) electrons. The summed E-state index contributed by atoms with van der Waals surface area (Å²) < 4.78 is 5.61. The Morgan fingerprint density at radius 3 is 2.89 bits per heavy atom. The van der Waals surface area contributed by atoms with Crippen LogP contribution in [0.4, 0.5) is 5.69 Å². The van der Waals surface area contributed by atoms with Crippen LogP contribution in [0.1, 0.15) is 19.0 Å². The second-order valence-electron chi connectivity index (χ2n) is 4.13. The van der Waals surface area contributed by atoms with Crippen molar-refractivity contribution in [3.63, 3.8) is 0 Å². The molecule has 0 aliphatic rings. The van der Waals surface area contributed by atoms with Crippen molar-refractivity contribution in [2.75, 3.05) is 12.3 Å². The second kappa shape index (κ2) is 6.43. The van der Waals surface area contributed by atoms with Crippen molar-refractivity contribution in [1.82, 2.24) is 9.97 Å². The lowest BCUT2D eigenvalue weighted by Crippen LogP contribution is -1.99. The van der Waals surface area contributed by atoms with Gasteiger partial charge in [-0.2, -0.15) is 0 Å². The van der Waals surface area contributed by atoms with Crippen LogP contribution in [-0.2, 0) is 0 Å². The normalized spacial score (nSPS) is 10.4. The molecule has 0 saturated carbocycles. The Morgan fingerprint density at radius 1 is 1.32 bits per heavy atom. The van der Waals surface area contributed by atoms with E-state index in [1.807, 2.05) is 31.2 Å². The standard InChI is InChI=1S/C14H17N3OS/c1-3-8-18-13-9-11(4-5-12(13)15)19-14-16-7-6-10(2)17-14/h4-7,9H,3,8,15H2,1-2H3. The molecular formula is C14H17N3OS. The summed E-state index contributed by atoms with van der Waals surface area (Å²) >= 11 is 1.50. The minimum Gasteiger partial charge on any atom is -0.491 e. The topological polar surface area (TPSA) is 61.0 Å². The summed E-state index contributed by atoms with van der Waals surface area (Å²) in [6.07, 6.45) is 2.72.